The Hall–Kier alpha value is -2.11. The van der Waals surface area contributed by atoms with Gasteiger partial charge in [-0.05, 0) is 31.9 Å². The summed E-state index contributed by atoms with van der Waals surface area (Å²) in [4.78, 5) is 18.7. The molecule has 1 aliphatic heterocycles. The summed E-state index contributed by atoms with van der Waals surface area (Å²) in [5, 5.41) is 1.22. The van der Waals surface area contributed by atoms with E-state index in [0.29, 0.717) is 16.0 Å². The maximum Gasteiger partial charge on any atom is 0.139 e. The predicted molar refractivity (Wildman–Crippen MR) is 105 cm³/mol. The number of H-pyrrole nitrogens is 1. The lowest BCUT2D eigenvalue weighted by Crippen LogP contribution is -2.34. The quantitative estimate of drug-likeness (QED) is 0.696. The molecule has 0 atom stereocenters. The molecule has 7 heteroatoms. The molecule has 0 saturated carbocycles. The van der Waals surface area contributed by atoms with Crippen LogP contribution in [0.2, 0.25) is 10.0 Å². The maximum atomic E-state index is 6.41. The Bertz CT molecular complexity index is 916. The molecular weight excluding hydrogens is 369 g/mol. The Balaban J connectivity index is 1.59. The first kappa shape index (κ1) is 17.3. The number of anilines is 1. The highest BCUT2D eigenvalue weighted by atomic mass is 35.5. The van der Waals surface area contributed by atoms with Crippen molar-refractivity contribution in [3.8, 4) is 11.1 Å². The van der Waals surface area contributed by atoms with Gasteiger partial charge in [-0.25, -0.2) is 15.0 Å². The largest absolute Gasteiger partial charge is 0.356 e. The third-order valence-electron chi connectivity index (χ3n) is 4.96. The zero-order chi connectivity index (χ0) is 18.1. The van der Waals surface area contributed by atoms with E-state index in [-0.39, 0.29) is 0 Å². The molecule has 0 bridgehead atoms. The lowest BCUT2D eigenvalue weighted by Gasteiger charge is -2.33. The fourth-order valence-electron chi connectivity index (χ4n) is 3.62. The summed E-state index contributed by atoms with van der Waals surface area (Å²) in [6, 6.07) is 5.51. The van der Waals surface area contributed by atoms with Crippen molar-refractivity contribution in [1.29, 1.82) is 0 Å². The number of aromatic nitrogens is 4. The summed E-state index contributed by atoms with van der Waals surface area (Å²) in [5.74, 6) is 1.41. The van der Waals surface area contributed by atoms with E-state index in [9.17, 15) is 0 Å². The van der Waals surface area contributed by atoms with E-state index >= 15 is 0 Å². The monoisotopic (exact) mass is 387 g/mol. The molecular formula is C19H19Cl2N5. The Morgan fingerprint density at radius 1 is 1.12 bits per heavy atom. The summed E-state index contributed by atoms with van der Waals surface area (Å²) >= 11 is 12.4. The third-order valence-corrected chi connectivity index (χ3v) is 5.51. The zero-order valence-corrected chi connectivity index (χ0v) is 15.9. The average Bonchev–Trinajstić information content (AvgIpc) is 3.08. The Labute approximate surface area is 162 Å². The lowest BCUT2D eigenvalue weighted by atomic mass is 9.92. The molecule has 1 fully saturated rings. The Morgan fingerprint density at radius 3 is 2.62 bits per heavy atom. The molecule has 26 heavy (non-hydrogen) atoms. The molecule has 134 valence electrons. The molecule has 0 unspecified atom stereocenters. The first-order chi connectivity index (χ1) is 12.6. The van der Waals surface area contributed by atoms with E-state index in [1.54, 1.807) is 18.7 Å². The van der Waals surface area contributed by atoms with Gasteiger partial charge in [-0.15, -0.1) is 0 Å². The van der Waals surface area contributed by atoms with Crippen molar-refractivity contribution in [2.24, 2.45) is 0 Å². The number of hydrogen-bond acceptors (Lipinski definition) is 4. The van der Waals surface area contributed by atoms with E-state index in [1.807, 2.05) is 18.3 Å². The molecule has 0 amide bonds. The molecule has 0 radical (unpaired) electrons. The van der Waals surface area contributed by atoms with Gasteiger partial charge in [0.2, 0.25) is 0 Å². The molecule has 0 aliphatic carbocycles. The molecule has 1 aromatic carbocycles. The number of nitrogens with one attached hydrogen (secondary N) is 1. The van der Waals surface area contributed by atoms with Gasteiger partial charge >= 0.3 is 0 Å². The number of piperidine rings is 1. The third kappa shape index (κ3) is 3.29. The van der Waals surface area contributed by atoms with E-state index in [0.717, 1.165) is 42.9 Å². The number of halogens is 2. The summed E-state index contributed by atoms with van der Waals surface area (Å²) in [7, 11) is 0. The van der Waals surface area contributed by atoms with Crippen LogP contribution in [-0.4, -0.2) is 33.0 Å². The van der Waals surface area contributed by atoms with Crippen molar-refractivity contribution in [2.75, 3.05) is 18.0 Å². The summed E-state index contributed by atoms with van der Waals surface area (Å²) < 4.78 is 0. The lowest BCUT2D eigenvalue weighted by molar-refractivity contribution is 0.493. The van der Waals surface area contributed by atoms with Gasteiger partial charge in [-0.2, -0.15) is 0 Å². The fraction of sp³-hybridized carbons (Fsp3) is 0.316. The fourth-order valence-corrected chi connectivity index (χ4v) is 4.13. The second-order valence-electron chi connectivity index (χ2n) is 6.56. The Kier molecular flexibility index (Phi) is 4.83. The van der Waals surface area contributed by atoms with Crippen LogP contribution in [0.15, 0.2) is 37.1 Å². The number of rotatable bonds is 3. The van der Waals surface area contributed by atoms with Crippen LogP contribution < -0.4 is 4.90 Å². The number of nitrogens with zero attached hydrogens (tertiary/aromatic N) is 4. The van der Waals surface area contributed by atoms with E-state index in [4.69, 9.17) is 23.2 Å². The summed E-state index contributed by atoms with van der Waals surface area (Å²) in [5.41, 5.74) is 4.19. The van der Waals surface area contributed by atoms with Crippen LogP contribution >= 0.6 is 23.2 Å². The van der Waals surface area contributed by atoms with Crippen molar-refractivity contribution in [1.82, 2.24) is 19.9 Å². The number of hydrogen-bond donors (Lipinski definition) is 1. The summed E-state index contributed by atoms with van der Waals surface area (Å²) in [6.45, 7) is 3.93. The van der Waals surface area contributed by atoms with Crippen LogP contribution in [0.4, 0.5) is 5.82 Å². The highest BCUT2D eigenvalue weighted by Crippen LogP contribution is 2.37. The van der Waals surface area contributed by atoms with Crippen LogP contribution in [0.25, 0.3) is 11.1 Å². The van der Waals surface area contributed by atoms with Gasteiger partial charge in [0, 0.05) is 47.0 Å². The second-order valence-corrected chi connectivity index (χ2v) is 7.40. The molecule has 4 rings (SSSR count). The number of benzene rings is 1. The van der Waals surface area contributed by atoms with Crippen molar-refractivity contribution in [2.45, 2.75) is 25.7 Å². The molecule has 1 saturated heterocycles. The molecule has 1 N–H and O–H groups in total. The van der Waals surface area contributed by atoms with Gasteiger partial charge in [0.25, 0.3) is 0 Å². The van der Waals surface area contributed by atoms with Crippen molar-refractivity contribution in [3.63, 3.8) is 0 Å². The second kappa shape index (κ2) is 7.25. The van der Waals surface area contributed by atoms with Crippen LogP contribution in [0, 0.1) is 6.92 Å². The van der Waals surface area contributed by atoms with E-state index in [1.165, 1.54) is 11.4 Å². The van der Waals surface area contributed by atoms with Crippen molar-refractivity contribution < 1.29 is 0 Å². The van der Waals surface area contributed by atoms with Crippen LogP contribution in [0.1, 0.15) is 30.1 Å². The first-order valence-electron chi connectivity index (χ1n) is 8.63. The van der Waals surface area contributed by atoms with E-state index in [2.05, 4.69) is 31.8 Å². The van der Waals surface area contributed by atoms with Crippen molar-refractivity contribution in [3.05, 3.63) is 58.5 Å². The summed E-state index contributed by atoms with van der Waals surface area (Å²) in [6.07, 6.45) is 7.28. The van der Waals surface area contributed by atoms with E-state index < -0.39 is 0 Å². The first-order valence-corrected chi connectivity index (χ1v) is 9.39. The van der Waals surface area contributed by atoms with Gasteiger partial charge in [0.15, 0.2) is 0 Å². The van der Waals surface area contributed by atoms with Gasteiger partial charge in [0.1, 0.15) is 12.1 Å². The number of aryl methyl sites for hydroxylation is 1. The normalized spacial score (nSPS) is 15.4. The van der Waals surface area contributed by atoms with Crippen LogP contribution in [-0.2, 0) is 0 Å². The minimum atomic E-state index is 0.488. The maximum absolute atomic E-state index is 6.41. The predicted octanol–water partition coefficient (Wildman–Crippen LogP) is 4.87. The van der Waals surface area contributed by atoms with Gasteiger partial charge in [-0.1, -0.05) is 29.3 Å². The SMILES string of the molecule is Cc1[nH]cnc1C1CCN(c2ncncc2-c2ccc(Cl)cc2Cl)CC1. The molecule has 0 spiro atoms. The van der Waals surface area contributed by atoms with Gasteiger partial charge < -0.3 is 9.88 Å². The van der Waals surface area contributed by atoms with Crippen molar-refractivity contribution >= 4 is 29.0 Å². The highest BCUT2D eigenvalue weighted by Gasteiger charge is 2.26. The van der Waals surface area contributed by atoms with Gasteiger partial charge in [0.05, 0.1) is 17.0 Å². The molecule has 3 heterocycles. The van der Waals surface area contributed by atoms with Crippen LogP contribution in [0.3, 0.4) is 0 Å². The highest BCUT2D eigenvalue weighted by molar-refractivity contribution is 6.36. The Morgan fingerprint density at radius 2 is 1.92 bits per heavy atom. The smallest absolute Gasteiger partial charge is 0.139 e. The average molecular weight is 388 g/mol. The minimum absolute atomic E-state index is 0.488. The van der Waals surface area contributed by atoms with Gasteiger partial charge in [-0.3, -0.25) is 0 Å². The molecule has 3 aromatic rings. The molecule has 1 aliphatic rings. The number of aromatic amines is 1. The minimum Gasteiger partial charge on any atom is -0.356 e. The van der Waals surface area contributed by atoms with Crippen LogP contribution in [0.5, 0.6) is 0 Å². The molecule has 2 aromatic heterocycles. The topological polar surface area (TPSA) is 57.7 Å². The zero-order valence-electron chi connectivity index (χ0n) is 14.4. The molecule has 5 nitrogen and oxygen atoms in total. The standard InChI is InChI=1S/C19H19Cl2N5/c1-12-18(24-11-23-12)13-4-6-26(7-5-13)19-16(9-22-10-25-19)15-3-2-14(20)8-17(15)21/h2-3,8-11,13H,4-7H2,1H3,(H,23,24). The number of imidazole rings is 1.